The lowest BCUT2D eigenvalue weighted by atomic mass is 10.1. The van der Waals surface area contributed by atoms with E-state index in [0.29, 0.717) is 13.1 Å². The van der Waals surface area contributed by atoms with Gasteiger partial charge in [0.2, 0.25) is 10.0 Å². The van der Waals surface area contributed by atoms with Crippen molar-refractivity contribution in [1.29, 1.82) is 0 Å². The van der Waals surface area contributed by atoms with Crippen LogP contribution in [-0.4, -0.2) is 87.0 Å². The van der Waals surface area contributed by atoms with E-state index in [9.17, 15) is 13.2 Å². The van der Waals surface area contributed by atoms with E-state index in [2.05, 4.69) is 41.8 Å². The maximum atomic E-state index is 13.0. The van der Waals surface area contributed by atoms with Crippen LogP contribution in [0.25, 0.3) is 0 Å². The molecule has 2 aromatic rings. The Morgan fingerprint density at radius 1 is 0.848 bits per heavy atom. The molecule has 2 heterocycles. The number of benzene rings is 2. The Hall–Kier alpha value is -2.42. The number of nitrogens with zero attached hydrogens (tertiary/aromatic N) is 4. The smallest absolute Gasteiger partial charge is 0.253 e. The number of carbonyl (C=O) groups excluding carboxylic acids is 1. The first-order valence-corrected chi connectivity index (χ1v) is 13.4. The van der Waals surface area contributed by atoms with Gasteiger partial charge in [-0.2, -0.15) is 4.31 Å². The zero-order chi connectivity index (χ0) is 23.6. The third kappa shape index (κ3) is 5.57. The molecule has 2 aliphatic rings. The molecule has 0 spiro atoms. The Kier molecular flexibility index (Phi) is 7.07. The Morgan fingerprint density at radius 2 is 1.48 bits per heavy atom. The summed E-state index contributed by atoms with van der Waals surface area (Å²) in [4.78, 5) is 19.6. The summed E-state index contributed by atoms with van der Waals surface area (Å²) in [6.07, 6.45) is 1.27. The fraction of sp³-hybridized carbons (Fsp3) is 0.480. The predicted octanol–water partition coefficient (Wildman–Crippen LogP) is 2.34. The monoisotopic (exact) mass is 470 g/mol. The number of anilines is 1. The molecule has 0 radical (unpaired) electrons. The summed E-state index contributed by atoms with van der Waals surface area (Å²) in [5.41, 5.74) is 5.73. The minimum absolute atomic E-state index is 0.0870. The van der Waals surface area contributed by atoms with Crippen molar-refractivity contribution in [1.82, 2.24) is 14.1 Å². The molecule has 33 heavy (non-hydrogen) atoms. The first-order chi connectivity index (χ1) is 15.7. The molecule has 0 saturated carbocycles. The number of amides is 1. The minimum Gasteiger partial charge on any atom is -0.368 e. The van der Waals surface area contributed by atoms with E-state index in [0.717, 1.165) is 56.9 Å². The third-order valence-electron chi connectivity index (χ3n) is 6.89. The highest BCUT2D eigenvalue weighted by Gasteiger charge is 2.25. The van der Waals surface area contributed by atoms with E-state index in [4.69, 9.17) is 0 Å². The van der Waals surface area contributed by atoms with Gasteiger partial charge in [0, 0.05) is 70.2 Å². The van der Waals surface area contributed by atoms with Crippen LogP contribution in [0.1, 0.15) is 27.0 Å². The van der Waals surface area contributed by atoms with Crippen molar-refractivity contribution < 1.29 is 13.2 Å². The molecule has 2 aromatic carbocycles. The lowest BCUT2D eigenvalue weighted by Gasteiger charge is -2.37. The van der Waals surface area contributed by atoms with E-state index in [1.807, 2.05) is 29.2 Å². The van der Waals surface area contributed by atoms with Crippen LogP contribution in [0, 0.1) is 13.8 Å². The molecular formula is C25H34N4O3S. The Bertz CT molecular complexity index is 1090. The van der Waals surface area contributed by atoms with Gasteiger partial charge >= 0.3 is 0 Å². The summed E-state index contributed by atoms with van der Waals surface area (Å²) in [5.74, 6) is 0.0870. The van der Waals surface area contributed by atoms with Gasteiger partial charge in [0.25, 0.3) is 5.91 Å². The first-order valence-electron chi connectivity index (χ1n) is 11.6. The van der Waals surface area contributed by atoms with E-state index < -0.39 is 10.0 Å². The van der Waals surface area contributed by atoms with Gasteiger partial charge in [-0.3, -0.25) is 9.69 Å². The summed E-state index contributed by atoms with van der Waals surface area (Å²) in [7, 11) is -3.11. The van der Waals surface area contributed by atoms with Crippen molar-refractivity contribution in [3.63, 3.8) is 0 Å². The van der Waals surface area contributed by atoms with Crippen molar-refractivity contribution in [3.05, 3.63) is 64.7 Å². The molecular weight excluding hydrogens is 436 g/mol. The molecule has 4 rings (SSSR count). The summed E-state index contributed by atoms with van der Waals surface area (Å²) in [6.45, 7) is 10.7. The van der Waals surface area contributed by atoms with Gasteiger partial charge in [0.05, 0.1) is 6.26 Å². The number of rotatable bonds is 5. The molecule has 0 atom stereocenters. The number of hydrogen-bond acceptors (Lipinski definition) is 5. The van der Waals surface area contributed by atoms with Gasteiger partial charge in [0.1, 0.15) is 0 Å². The van der Waals surface area contributed by atoms with E-state index in [1.165, 1.54) is 27.4 Å². The molecule has 0 aliphatic carbocycles. The van der Waals surface area contributed by atoms with E-state index in [1.54, 1.807) is 0 Å². The standard InChI is InChI=1S/C25H34N4O3S/c1-20-5-4-6-24(21(20)2)27-13-15-28(16-14-27)25(30)23-9-7-22(8-10-23)19-26-11-17-29(18-12-26)33(3,31)32/h4-10H,11-19H2,1-3H3. The summed E-state index contributed by atoms with van der Waals surface area (Å²) in [5, 5.41) is 0. The SMILES string of the molecule is Cc1cccc(N2CCN(C(=O)c3ccc(CN4CCN(S(C)(=O)=O)CC4)cc3)CC2)c1C. The summed E-state index contributed by atoms with van der Waals surface area (Å²) >= 11 is 0. The first kappa shape index (κ1) is 23.7. The summed E-state index contributed by atoms with van der Waals surface area (Å²) in [6, 6.07) is 14.3. The van der Waals surface area contributed by atoms with Crippen LogP contribution < -0.4 is 4.90 Å². The highest BCUT2D eigenvalue weighted by atomic mass is 32.2. The highest BCUT2D eigenvalue weighted by Crippen LogP contribution is 2.24. The van der Waals surface area contributed by atoms with Crippen molar-refractivity contribution in [3.8, 4) is 0 Å². The largest absolute Gasteiger partial charge is 0.368 e. The summed E-state index contributed by atoms with van der Waals surface area (Å²) < 4.78 is 24.9. The van der Waals surface area contributed by atoms with Crippen molar-refractivity contribution >= 4 is 21.6 Å². The molecule has 0 bridgehead atoms. The van der Waals surface area contributed by atoms with Crippen molar-refractivity contribution in [2.24, 2.45) is 0 Å². The molecule has 178 valence electrons. The lowest BCUT2D eigenvalue weighted by molar-refractivity contribution is 0.0746. The van der Waals surface area contributed by atoms with Crippen molar-refractivity contribution in [2.45, 2.75) is 20.4 Å². The van der Waals surface area contributed by atoms with Crippen LogP contribution in [0.5, 0.6) is 0 Å². The van der Waals surface area contributed by atoms with Crippen LogP contribution in [0.2, 0.25) is 0 Å². The average Bonchev–Trinajstić information content (AvgIpc) is 2.81. The average molecular weight is 471 g/mol. The molecule has 1 amide bonds. The number of aryl methyl sites for hydroxylation is 1. The number of carbonyl (C=O) groups is 1. The van der Waals surface area contributed by atoms with Gasteiger partial charge in [-0.15, -0.1) is 0 Å². The van der Waals surface area contributed by atoms with Crippen LogP contribution in [0.15, 0.2) is 42.5 Å². The topological polar surface area (TPSA) is 64.2 Å². The van der Waals surface area contributed by atoms with E-state index >= 15 is 0 Å². The van der Waals surface area contributed by atoms with Crippen LogP contribution >= 0.6 is 0 Å². The number of hydrogen-bond donors (Lipinski definition) is 0. The fourth-order valence-corrected chi connectivity index (χ4v) is 5.47. The molecule has 2 saturated heterocycles. The minimum atomic E-state index is -3.11. The maximum Gasteiger partial charge on any atom is 0.253 e. The van der Waals surface area contributed by atoms with Gasteiger partial charge < -0.3 is 9.80 Å². The lowest BCUT2D eigenvalue weighted by Crippen LogP contribution is -2.49. The Balaban J connectivity index is 1.30. The highest BCUT2D eigenvalue weighted by molar-refractivity contribution is 7.88. The zero-order valence-corrected chi connectivity index (χ0v) is 20.6. The van der Waals surface area contributed by atoms with Gasteiger partial charge in [-0.25, -0.2) is 8.42 Å². The van der Waals surface area contributed by atoms with Crippen LogP contribution in [0.3, 0.4) is 0 Å². The molecule has 0 aromatic heterocycles. The predicted molar refractivity (Wildman–Crippen MR) is 132 cm³/mol. The molecule has 7 nitrogen and oxygen atoms in total. The van der Waals surface area contributed by atoms with Gasteiger partial charge in [-0.05, 0) is 48.7 Å². The number of sulfonamides is 1. The molecule has 0 unspecified atom stereocenters. The molecule has 2 fully saturated rings. The second kappa shape index (κ2) is 9.83. The Morgan fingerprint density at radius 3 is 2.09 bits per heavy atom. The second-order valence-corrected chi connectivity index (χ2v) is 11.1. The van der Waals surface area contributed by atoms with E-state index in [-0.39, 0.29) is 5.91 Å². The van der Waals surface area contributed by atoms with Gasteiger partial charge in [0.15, 0.2) is 0 Å². The maximum absolute atomic E-state index is 13.0. The van der Waals surface area contributed by atoms with Gasteiger partial charge in [-0.1, -0.05) is 24.3 Å². The van der Waals surface area contributed by atoms with Crippen LogP contribution in [0.4, 0.5) is 5.69 Å². The molecule has 0 N–H and O–H groups in total. The quantitative estimate of drug-likeness (QED) is 0.671. The fourth-order valence-electron chi connectivity index (χ4n) is 4.64. The second-order valence-electron chi connectivity index (χ2n) is 9.13. The Labute approximate surface area is 197 Å². The van der Waals surface area contributed by atoms with Crippen LogP contribution in [-0.2, 0) is 16.6 Å². The van der Waals surface area contributed by atoms with Crippen molar-refractivity contribution in [2.75, 3.05) is 63.5 Å². The zero-order valence-electron chi connectivity index (χ0n) is 19.8. The molecule has 2 aliphatic heterocycles. The number of piperazine rings is 2. The third-order valence-corrected chi connectivity index (χ3v) is 8.19. The molecule has 8 heteroatoms. The normalized spacial score (nSPS) is 18.5.